The first-order valence-electron chi connectivity index (χ1n) is 6.98. The van der Waals surface area contributed by atoms with Gasteiger partial charge in [-0.1, -0.05) is 22.9 Å². The van der Waals surface area contributed by atoms with Crippen LogP contribution in [-0.2, 0) is 0 Å². The van der Waals surface area contributed by atoms with E-state index in [1.807, 2.05) is 0 Å². The first kappa shape index (κ1) is 17.5. The molecule has 1 heterocycles. The van der Waals surface area contributed by atoms with E-state index < -0.39 is 5.91 Å². The number of nitrogens with one attached hydrogen (secondary N) is 2. The van der Waals surface area contributed by atoms with Crippen molar-refractivity contribution in [1.82, 2.24) is 10.3 Å². The maximum absolute atomic E-state index is 13.2. The van der Waals surface area contributed by atoms with Crippen LogP contribution in [0.15, 0.2) is 36.4 Å². The van der Waals surface area contributed by atoms with Gasteiger partial charge in [-0.2, -0.15) is 0 Å². The summed E-state index contributed by atoms with van der Waals surface area (Å²) >= 11 is 12.3. The highest BCUT2D eigenvalue weighted by Crippen LogP contribution is 2.26. The van der Waals surface area contributed by atoms with Crippen LogP contribution in [0.2, 0.25) is 5.02 Å². The minimum Gasteiger partial charge on any atom is -0.496 e. The Balaban J connectivity index is 1.73. The van der Waals surface area contributed by atoms with E-state index in [1.165, 1.54) is 36.6 Å². The first-order valence-corrected chi connectivity index (χ1v) is 8.58. The van der Waals surface area contributed by atoms with Crippen LogP contribution >= 0.6 is 35.2 Å². The number of amides is 1. The average Bonchev–Trinajstić information content (AvgIpc) is 2.95. The maximum atomic E-state index is 13.2. The zero-order valence-corrected chi connectivity index (χ0v) is 15.2. The summed E-state index contributed by atoms with van der Waals surface area (Å²) in [4.78, 5) is 16.6. The van der Waals surface area contributed by atoms with Gasteiger partial charge in [-0.15, -0.1) is 0 Å². The predicted molar refractivity (Wildman–Crippen MR) is 101 cm³/mol. The van der Waals surface area contributed by atoms with Gasteiger partial charge in [0.2, 0.25) is 0 Å². The number of carbonyl (C=O) groups is 1. The Morgan fingerprint density at radius 3 is 2.88 bits per heavy atom. The summed E-state index contributed by atoms with van der Waals surface area (Å²) in [7, 11) is 1.46. The quantitative estimate of drug-likeness (QED) is 0.650. The molecule has 2 aromatic carbocycles. The molecule has 0 spiro atoms. The maximum Gasteiger partial charge on any atom is 0.261 e. The molecule has 0 saturated carbocycles. The molecule has 1 aromatic heterocycles. The molecule has 0 unspecified atom stereocenters. The van der Waals surface area contributed by atoms with Gasteiger partial charge in [0.25, 0.3) is 5.91 Å². The molecule has 0 aliphatic carbocycles. The summed E-state index contributed by atoms with van der Waals surface area (Å²) in [5.41, 5.74) is 0.894. The van der Waals surface area contributed by atoms with Crippen LogP contribution in [0.25, 0.3) is 10.2 Å². The molecule has 0 fully saturated rings. The van der Waals surface area contributed by atoms with Gasteiger partial charge in [0.05, 0.1) is 22.9 Å². The van der Waals surface area contributed by atoms with E-state index in [4.69, 9.17) is 28.6 Å². The number of hydrogen-bond donors (Lipinski definition) is 2. The summed E-state index contributed by atoms with van der Waals surface area (Å²) in [5.74, 6) is -0.434. The van der Waals surface area contributed by atoms with Crippen molar-refractivity contribution < 1.29 is 13.9 Å². The molecule has 25 heavy (non-hydrogen) atoms. The molecule has 0 atom stereocenters. The second kappa shape index (κ2) is 7.30. The molecule has 2 N–H and O–H groups in total. The number of thiocarbonyl (C=S) groups is 1. The molecule has 9 heteroatoms. The molecule has 3 aromatic rings. The summed E-state index contributed by atoms with van der Waals surface area (Å²) < 4.78 is 19.0. The normalized spacial score (nSPS) is 10.5. The van der Waals surface area contributed by atoms with E-state index in [0.29, 0.717) is 26.1 Å². The Hall–Kier alpha value is -2.29. The smallest absolute Gasteiger partial charge is 0.261 e. The first-order chi connectivity index (χ1) is 12.0. The van der Waals surface area contributed by atoms with Crippen LogP contribution in [0, 0.1) is 5.82 Å². The van der Waals surface area contributed by atoms with Crippen LogP contribution in [0.1, 0.15) is 10.4 Å². The lowest BCUT2D eigenvalue weighted by Crippen LogP contribution is -2.34. The highest BCUT2D eigenvalue weighted by molar-refractivity contribution is 7.80. The lowest BCUT2D eigenvalue weighted by atomic mass is 10.2. The van der Waals surface area contributed by atoms with Crippen LogP contribution in [0.5, 0.6) is 5.75 Å². The summed E-state index contributed by atoms with van der Waals surface area (Å²) in [6.45, 7) is 0. The van der Waals surface area contributed by atoms with Crippen LogP contribution < -0.4 is 15.4 Å². The number of fused-ring (bicyclic) bond motifs is 1. The van der Waals surface area contributed by atoms with Gasteiger partial charge < -0.3 is 10.1 Å². The Kier molecular flexibility index (Phi) is 5.12. The zero-order chi connectivity index (χ0) is 18.0. The van der Waals surface area contributed by atoms with Gasteiger partial charge in [0.15, 0.2) is 10.2 Å². The second-order valence-corrected chi connectivity index (χ2v) is 6.76. The summed E-state index contributed by atoms with van der Waals surface area (Å²) in [6.07, 6.45) is 0. The highest BCUT2D eigenvalue weighted by Gasteiger charge is 2.15. The number of hydrogen-bond acceptors (Lipinski definition) is 5. The predicted octanol–water partition coefficient (Wildman–Crippen LogP) is 4.22. The Morgan fingerprint density at radius 2 is 2.12 bits per heavy atom. The Labute approximate surface area is 156 Å². The van der Waals surface area contributed by atoms with Gasteiger partial charge in [-0.3, -0.25) is 10.1 Å². The van der Waals surface area contributed by atoms with E-state index in [2.05, 4.69) is 15.6 Å². The number of halogens is 2. The molecule has 0 radical (unpaired) electrons. The number of anilines is 1. The fourth-order valence-electron chi connectivity index (χ4n) is 2.11. The number of aromatic nitrogens is 1. The average molecular weight is 396 g/mol. The van der Waals surface area contributed by atoms with E-state index in [1.54, 1.807) is 18.2 Å². The molecule has 0 aliphatic heterocycles. The van der Waals surface area contributed by atoms with Crippen molar-refractivity contribution >= 4 is 61.5 Å². The highest BCUT2D eigenvalue weighted by atomic mass is 35.5. The van der Waals surface area contributed by atoms with Crippen molar-refractivity contribution in [1.29, 1.82) is 0 Å². The van der Waals surface area contributed by atoms with Crippen LogP contribution in [0.3, 0.4) is 0 Å². The van der Waals surface area contributed by atoms with Gasteiger partial charge in [-0.05, 0) is 48.6 Å². The standard InChI is InChI=1S/C16H11ClFN3O2S2/c1-23-12-5-2-8(17)6-10(12)14(22)20-15(24)21-16-19-11-4-3-9(18)7-13(11)25-16/h2-7H,1H3,(H2,19,20,21,22,24). The van der Waals surface area contributed by atoms with Gasteiger partial charge in [0.1, 0.15) is 11.6 Å². The molecule has 0 saturated heterocycles. The Bertz CT molecular complexity index is 977. The van der Waals surface area contributed by atoms with Crippen molar-refractivity contribution in [3.8, 4) is 5.75 Å². The van der Waals surface area contributed by atoms with Crippen molar-refractivity contribution in [2.75, 3.05) is 12.4 Å². The number of rotatable bonds is 3. The van der Waals surface area contributed by atoms with Gasteiger partial charge >= 0.3 is 0 Å². The number of nitrogens with zero attached hydrogens (tertiary/aromatic N) is 1. The molecule has 5 nitrogen and oxygen atoms in total. The third kappa shape index (κ3) is 4.04. The largest absolute Gasteiger partial charge is 0.496 e. The number of ether oxygens (including phenoxy) is 1. The minimum absolute atomic E-state index is 0.0616. The van der Waals surface area contributed by atoms with E-state index in [9.17, 15) is 9.18 Å². The third-order valence-corrected chi connectivity index (χ3v) is 4.58. The number of carbonyl (C=O) groups excluding carboxylic acids is 1. The molecule has 0 aliphatic rings. The molecular formula is C16H11ClFN3O2S2. The lowest BCUT2D eigenvalue weighted by Gasteiger charge is -2.10. The minimum atomic E-state index is -0.469. The zero-order valence-electron chi connectivity index (χ0n) is 12.8. The van der Waals surface area contributed by atoms with Crippen molar-refractivity contribution in [2.45, 2.75) is 0 Å². The Morgan fingerprint density at radius 1 is 1.32 bits per heavy atom. The van der Waals surface area contributed by atoms with Crippen molar-refractivity contribution in [2.24, 2.45) is 0 Å². The lowest BCUT2D eigenvalue weighted by molar-refractivity contribution is 0.0975. The number of thiazole rings is 1. The monoisotopic (exact) mass is 395 g/mol. The van der Waals surface area contributed by atoms with E-state index >= 15 is 0 Å². The fourth-order valence-corrected chi connectivity index (χ4v) is 3.43. The molecule has 3 rings (SSSR count). The van der Waals surface area contributed by atoms with Crippen LogP contribution in [0.4, 0.5) is 9.52 Å². The number of benzene rings is 2. The molecule has 128 valence electrons. The fraction of sp³-hybridized carbons (Fsp3) is 0.0625. The summed E-state index contributed by atoms with van der Waals surface area (Å²) in [5, 5.41) is 6.26. The summed E-state index contributed by atoms with van der Waals surface area (Å²) in [6, 6.07) is 8.99. The van der Waals surface area contributed by atoms with Crippen molar-refractivity contribution in [3.05, 3.63) is 52.8 Å². The topological polar surface area (TPSA) is 63.2 Å². The second-order valence-electron chi connectivity index (χ2n) is 4.88. The third-order valence-electron chi connectivity index (χ3n) is 3.20. The van der Waals surface area contributed by atoms with Gasteiger partial charge in [-0.25, -0.2) is 9.37 Å². The van der Waals surface area contributed by atoms with Gasteiger partial charge in [0, 0.05) is 5.02 Å². The molecule has 0 bridgehead atoms. The molecular weight excluding hydrogens is 385 g/mol. The van der Waals surface area contributed by atoms with Crippen LogP contribution in [-0.4, -0.2) is 23.1 Å². The van der Waals surface area contributed by atoms with E-state index in [-0.39, 0.29) is 16.5 Å². The van der Waals surface area contributed by atoms with Crippen molar-refractivity contribution in [3.63, 3.8) is 0 Å². The van der Waals surface area contributed by atoms with E-state index in [0.717, 1.165) is 0 Å². The SMILES string of the molecule is COc1ccc(Cl)cc1C(=O)NC(=S)Nc1nc2ccc(F)cc2s1. The number of methoxy groups -OCH3 is 1. The molecule has 1 amide bonds.